The zero-order chi connectivity index (χ0) is 19.9. The summed E-state index contributed by atoms with van der Waals surface area (Å²) in [5, 5.41) is 11.4. The van der Waals surface area contributed by atoms with E-state index in [1.54, 1.807) is 55.6 Å². The lowest BCUT2D eigenvalue weighted by atomic mass is 10.1. The zero-order valence-corrected chi connectivity index (χ0v) is 16.3. The molecule has 7 heteroatoms. The molecule has 0 fully saturated rings. The summed E-state index contributed by atoms with van der Waals surface area (Å²) in [5.74, 6) is 0.959. The van der Waals surface area contributed by atoms with E-state index >= 15 is 0 Å². The molecule has 28 heavy (non-hydrogen) atoms. The number of aromatic nitrogens is 2. The molecule has 0 saturated carbocycles. The second kappa shape index (κ2) is 9.14. The second-order valence-corrected chi connectivity index (χ2v) is 7.02. The Kier molecular flexibility index (Phi) is 6.39. The minimum absolute atomic E-state index is 0.0255. The topological polar surface area (TPSA) is 81.2 Å². The molecule has 0 aliphatic heterocycles. The van der Waals surface area contributed by atoms with Crippen LogP contribution in [0.3, 0.4) is 0 Å². The molecular weight excluding hydrogens is 374 g/mol. The maximum Gasteiger partial charge on any atom is 0.256 e. The number of carbonyl (C=O) groups is 2. The Morgan fingerprint density at radius 1 is 1.00 bits per heavy atom. The second-order valence-electron chi connectivity index (χ2n) is 6.02. The van der Waals surface area contributed by atoms with Gasteiger partial charge in [-0.15, -0.1) is 10.2 Å². The molecule has 1 aromatic heterocycles. The van der Waals surface area contributed by atoms with Gasteiger partial charge in [-0.25, -0.2) is 0 Å². The number of methoxy groups -OCH3 is 1. The third kappa shape index (κ3) is 5.17. The summed E-state index contributed by atoms with van der Waals surface area (Å²) in [4.78, 5) is 24.5. The first-order valence-corrected chi connectivity index (χ1v) is 9.55. The van der Waals surface area contributed by atoms with Crippen molar-refractivity contribution in [2.24, 2.45) is 0 Å². The molecule has 0 atom stereocenters. The zero-order valence-electron chi connectivity index (χ0n) is 15.5. The van der Waals surface area contributed by atoms with Crippen LogP contribution in [-0.4, -0.2) is 34.8 Å². The Labute approximate surface area is 167 Å². The number of ether oxygens (including phenoxy) is 1. The van der Waals surface area contributed by atoms with Crippen LogP contribution < -0.4 is 10.1 Å². The van der Waals surface area contributed by atoms with E-state index in [0.717, 1.165) is 5.56 Å². The number of hydrogen-bond acceptors (Lipinski definition) is 6. The number of anilines is 1. The van der Waals surface area contributed by atoms with Crippen molar-refractivity contribution in [2.45, 2.75) is 11.9 Å². The highest BCUT2D eigenvalue weighted by atomic mass is 32.2. The van der Waals surface area contributed by atoms with Gasteiger partial charge in [0.2, 0.25) is 0 Å². The minimum atomic E-state index is -0.247. The highest BCUT2D eigenvalue weighted by Gasteiger charge is 2.10. The van der Waals surface area contributed by atoms with Gasteiger partial charge in [-0.3, -0.25) is 9.59 Å². The smallest absolute Gasteiger partial charge is 0.256 e. The Hall–Kier alpha value is -3.19. The van der Waals surface area contributed by atoms with Gasteiger partial charge in [0.15, 0.2) is 11.6 Å². The quantitative estimate of drug-likeness (QED) is 0.482. The number of aryl methyl sites for hydroxylation is 1. The van der Waals surface area contributed by atoms with Crippen LogP contribution in [0.25, 0.3) is 0 Å². The maximum absolute atomic E-state index is 12.3. The number of amides is 1. The molecule has 0 aliphatic rings. The van der Waals surface area contributed by atoms with Crippen LogP contribution >= 0.6 is 11.8 Å². The highest BCUT2D eigenvalue weighted by molar-refractivity contribution is 7.99. The molecule has 6 nitrogen and oxygen atoms in total. The maximum atomic E-state index is 12.3. The normalized spacial score (nSPS) is 10.4. The van der Waals surface area contributed by atoms with E-state index in [1.807, 2.05) is 19.1 Å². The van der Waals surface area contributed by atoms with Gasteiger partial charge in [-0.05, 0) is 43.3 Å². The third-order valence-electron chi connectivity index (χ3n) is 3.94. The summed E-state index contributed by atoms with van der Waals surface area (Å²) in [6.45, 7) is 1.96. The molecular formula is C21H19N3O3S. The van der Waals surface area contributed by atoms with Crippen LogP contribution in [0, 0.1) is 6.92 Å². The number of ketones is 1. The van der Waals surface area contributed by atoms with Crippen molar-refractivity contribution in [3.8, 4) is 5.75 Å². The molecule has 0 unspecified atom stereocenters. The average molecular weight is 393 g/mol. The molecule has 1 heterocycles. The van der Waals surface area contributed by atoms with Gasteiger partial charge in [0, 0.05) is 11.1 Å². The summed E-state index contributed by atoms with van der Waals surface area (Å²) in [7, 11) is 1.56. The number of carbonyl (C=O) groups excluding carboxylic acids is 2. The fraction of sp³-hybridized carbons (Fsp3) is 0.143. The number of hydrogen-bond donors (Lipinski definition) is 1. The summed E-state index contributed by atoms with van der Waals surface area (Å²) >= 11 is 1.29. The van der Waals surface area contributed by atoms with Gasteiger partial charge in [0.1, 0.15) is 10.8 Å². The summed E-state index contributed by atoms with van der Waals surface area (Å²) in [6, 6.07) is 17.7. The van der Waals surface area contributed by atoms with E-state index in [0.29, 0.717) is 27.7 Å². The van der Waals surface area contributed by atoms with E-state index in [2.05, 4.69) is 15.5 Å². The lowest BCUT2D eigenvalue weighted by Gasteiger charge is -2.06. The Bertz CT molecular complexity index is 973. The van der Waals surface area contributed by atoms with Crippen molar-refractivity contribution < 1.29 is 14.3 Å². The van der Waals surface area contributed by atoms with Crippen molar-refractivity contribution in [3.63, 3.8) is 0 Å². The lowest BCUT2D eigenvalue weighted by Crippen LogP contribution is -2.13. The SMILES string of the molecule is COc1cccc(C(=O)CSc2ccc(NC(=O)c3ccc(C)cc3)nn2)c1. The minimum Gasteiger partial charge on any atom is -0.497 e. The number of thioether (sulfide) groups is 1. The van der Waals surface area contributed by atoms with Crippen LogP contribution in [-0.2, 0) is 0 Å². The summed E-state index contributed by atoms with van der Waals surface area (Å²) in [5.41, 5.74) is 2.22. The summed E-state index contributed by atoms with van der Waals surface area (Å²) in [6.07, 6.45) is 0. The molecule has 3 aromatic rings. The third-order valence-corrected chi connectivity index (χ3v) is 4.86. The van der Waals surface area contributed by atoms with Gasteiger partial charge < -0.3 is 10.1 Å². The standard InChI is InChI=1S/C21H19N3O3S/c1-14-6-8-15(9-7-14)21(26)22-19-10-11-20(24-23-19)28-13-18(25)16-4-3-5-17(12-16)27-2/h3-12H,13H2,1-2H3,(H,22,23,26). The van der Waals surface area contributed by atoms with E-state index in [-0.39, 0.29) is 17.4 Å². The average Bonchev–Trinajstić information content (AvgIpc) is 2.73. The van der Waals surface area contributed by atoms with Crippen molar-refractivity contribution in [2.75, 3.05) is 18.2 Å². The predicted molar refractivity (Wildman–Crippen MR) is 109 cm³/mol. The first kappa shape index (κ1) is 19.6. The van der Waals surface area contributed by atoms with Crippen LogP contribution in [0.5, 0.6) is 5.75 Å². The first-order valence-electron chi connectivity index (χ1n) is 8.57. The van der Waals surface area contributed by atoms with Gasteiger partial charge in [-0.1, -0.05) is 41.6 Å². The van der Waals surface area contributed by atoms with Crippen LogP contribution in [0.2, 0.25) is 0 Å². The fourth-order valence-corrected chi connectivity index (χ4v) is 3.08. The number of nitrogens with one attached hydrogen (secondary N) is 1. The fourth-order valence-electron chi connectivity index (χ4n) is 2.38. The van der Waals surface area contributed by atoms with Gasteiger partial charge in [0.25, 0.3) is 5.91 Å². The van der Waals surface area contributed by atoms with E-state index < -0.39 is 0 Å². The van der Waals surface area contributed by atoms with Gasteiger partial charge >= 0.3 is 0 Å². The predicted octanol–water partition coefficient (Wildman–Crippen LogP) is 4.02. The van der Waals surface area contributed by atoms with Crippen LogP contribution in [0.15, 0.2) is 65.7 Å². The van der Waals surface area contributed by atoms with Crippen molar-refractivity contribution in [3.05, 3.63) is 77.4 Å². The number of rotatable bonds is 7. The highest BCUT2D eigenvalue weighted by Crippen LogP contribution is 2.19. The molecule has 2 aromatic carbocycles. The van der Waals surface area contributed by atoms with Crippen LogP contribution in [0.1, 0.15) is 26.3 Å². The molecule has 0 spiro atoms. The lowest BCUT2D eigenvalue weighted by molar-refractivity contribution is 0.101. The largest absolute Gasteiger partial charge is 0.497 e. The van der Waals surface area contributed by atoms with Crippen molar-refractivity contribution >= 4 is 29.3 Å². The Morgan fingerprint density at radius 3 is 2.46 bits per heavy atom. The first-order chi connectivity index (χ1) is 13.5. The number of Topliss-reactive ketones (excluding diaryl/α,β-unsaturated/α-hetero) is 1. The van der Waals surface area contributed by atoms with E-state index in [1.165, 1.54) is 11.8 Å². The van der Waals surface area contributed by atoms with Crippen molar-refractivity contribution in [1.82, 2.24) is 10.2 Å². The molecule has 0 radical (unpaired) electrons. The monoisotopic (exact) mass is 393 g/mol. The van der Waals surface area contributed by atoms with E-state index in [4.69, 9.17) is 4.74 Å². The molecule has 3 rings (SSSR count). The van der Waals surface area contributed by atoms with E-state index in [9.17, 15) is 9.59 Å². The molecule has 142 valence electrons. The summed E-state index contributed by atoms with van der Waals surface area (Å²) < 4.78 is 5.13. The van der Waals surface area contributed by atoms with Gasteiger partial charge in [-0.2, -0.15) is 0 Å². The molecule has 1 N–H and O–H groups in total. The molecule has 0 aliphatic carbocycles. The van der Waals surface area contributed by atoms with Crippen molar-refractivity contribution in [1.29, 1.82) is 0 Å². The van der Waals surface area contributed by atoms with Gasteiger partial charge in [0.05, 0.1) is 12.9 Å². The number of nitrogens with zero attached hydrogens (tertiary/aromatic N) is 2. The molecule has 0 bridgehead atoms. The number of benzene rings is 2. The van der Waals surface area contributed by atoms with Crippen LogP contribution in [0.4, 0.5) is 5.82 Å². The molecule has 1 amide bonds. The molecule has 0 saturated heterocycles. The Morgan fingerprint density at radius 2 is 1.79 bits per heavy atom. The Balaban J connectivity index is 1.56.